The van der Waals surface area contributed by atoms with Crippen LogP contribution in [0.4, 0.5) is 5.69 Å². The predicted molar refractivity (Wildman–Crippen MR) is 64.7 cm³/mol. The molecule has 5 heteroatoms. The van der Waals surface area contributed by atoms with E-state index >= 15 is 0 Å². The highest BCUT2D eigenvalue weighted by Gasteiger charge is 2.56. The highest BCUT2D eigenvalue weighted by molar-refractivity contribution is 7.91. The van der Waals surface area contributed by atoms with E-state index in [0.29, 0.717) is 11.5 Å². The molecule has 2 heterocycles. The molecule has 0 saturated carbocycles. The van der Waals surface area contributed by atoms with Crippen molar-refractivity contribution in [3.05, 3.63) is 24.3 Å². The van der Waals surface area contributed by atoms with Gasteiger partial charge in [-0.2, -0.15) is 0 Å². The van der Waals surface area contributed by atoms with Gasteiger partial charge in [-0.05, 0) is 12.1 Å². The zero-order chi connectivity index (χ0) is 12.3. The molecule has 2 atom stereocenters. The van der Waals surface area contributed by atoms with E-state index in [9.17, 15) is 8.42 Å². The van der Waals surface area contributed by atoms with Crippen molar-refractivity contribution in [1.29, 1.82) is 0 Å². The summed E-state index contributed by atoms with van der Waals surface area (Å²) in [5.41, 5.74) is 0.328. The second kappa shape index (κ2) is 3.23. The minimum Gasteiger partial charge on any atom is -0.348 e. The number of fused-ring (bicyclic) bond motifs is 1. The normalized spacial score (nSPS) is 34.2. The van der Waals surface area contributed by atoms with Crippen molar-refractivity contribution < 1.29 is 13.2 Å². The van der Waals surface area contributed by atoms with Gasteiger partial charge in [0.2, 0.25) is 0 Å². The standard InChI is InChI=1S/C12H15NO3S/c1-9-7-17(14,15)11-6-4-3-5-10(11)13(2)12(9)8-16-12/h3-6,9H,7-8H2,1-2H3/t9-,12?/m0/s1. The van der Waals surface area contributed by atoms with Gasteiger partial charge >= 0.3 is 0 Å². The number of para-hydroxylation sites is 1. The Morgan fingerprint density at radius 3 is 2.71 bits per heavy atom. The number of hydrogen-bond acceptors (Lipinski definition) is 4. The quantitative estimate of drug-likeness (QED) is 0.653. The lowest BCUT2D eigenvalue weighted by Gasteiger charge is -2.28. The van der Waals surface area contributed by atoms with Crippen molar-refractivity contribution in [3.8, 4) is 0 Å². The molecule has 0 bridgehead atoms. The number of nitrogens with zero attached hydrogens (tertiary/aromatic N) is 1. The Balaban J connectivity index is 2.25. The average Bonchev–Trinajstić information content (AvgIpc) is 3.08. The molecule has 0 aromatic heterocycles. The average molecular weight is 253 g/mol. The summed E-state index contributed by atoms with van der Waals surface area (Å²) >= 11 is 0. The van der Waals surface area contributed by atoms with Gasteiger partial charge in [-0.1, -0.05) is 19.1 Å². The Bertz CT molecular complexity index is 563. The minimum absolute atomic E-state index is 0.0232. The van der Waals surface area contributed by atoms with E-state index in [1.807, 2.05) is 31.0 Å². The van der Waals surface area contributed by atoms with E-state index in [0.717, 1.165) is 5.69 Å². The first-order valence-electron chi connectivity index (χ1n) is 5.67. The third-order valence-corrected chi connectivity index (χ3v) is 5.76. The van der Waals surface area contributed by atoms with Crippen LogP contribution in [0, 0.1) is 5.92 Å². The SMILES string of the molecule is C[C@H]1CS(=O)(=O)c2ccccc2N(C)C12CO2. The second-order valence-corrected chi connectivity index (χ2v) is 6.85. The fourth-order valence-electron chi connectivity index (χ4n) is 2.63. The largest absolute Gasteiger partial charge is 0.348 e. The van der Waals surface area contributed by atoms with Crippen LogP contribution >= 0.6 is 0 Å². The molecule has 1 aromatic rings. The zero-order valence-corrected chi connectivity index (χ0v) is 10.7. The van der Waals surface area contributed by atoms with Gasteiger partial charge in [-0.3, -0.25) is 0 Å². The second-order valence-electron chi connectivity index (χ2n) is 4.84. The molecule has 0 N–H and O–H groups in total. The Morgan fingerprint density at radius 2 is 2.06 bits per heavy atom. The molecule has 4 nitrogen and oxygen atoms in total. The van der Waals surface area contributed by atoms with Crippen molar-refractivity contribution in [3.63, 3.8) is 0 Å². The lowest BCUT2D eigenvalue weighted by Crippen LogP contribution is -2.41. The van der Waals surface area contributed by atoms with E-state index in [1.54, 1.807) is 12.1 Å². The lowest BCUT2D eigenvalue weighted by atomic mass is 10.0. The number of sulfone groups is 1. The van der Waals surface area contributed by atoms with Gasteiger partial charge in [0.05, 0.1) is 22.9 Å². The summed E-state index contributed by atoms with van der Waals surface area (Å²) in [6.07, 6.45) is 0. The van der Waals surface area contributed by atoms with Crippen molar-refractivity contribution in [2.75, 3.05) is 24.3 Å². The number of hydrogen-bond donors (Lipinski definition) is 0. The van der Waals surface area contributed by atoms with E-state index in [1.165, 1.54) is 0 Å². The van der Waals surface area contributed by atoms with Gasteiger partial charge in [0.25, 0.3) is 0 Å². The smallest absolute Gasteiger partial charge is 0.180 e. The molecule has 2 aliphatic heterocycles. The zero-order valence-electron chi connectivity index (χ0n) is 9.88. The number of ether oxygens (including phenoxy) is 1. The van der Waals surface area contributed by atoms with Crippen LogP contribution in [0.3, 0.4) is 0 Å². The Morgan fingerprint density at radius 1 is 1.41 bits per heavy atom. The van der Waals surface area contributed by atoms with E-state index in [2.05, 4.69) is 0 Å². The van der Waals surface area contributed by atoms with Gasteiger partial charge in [0.1, 0.15) is 0 Å². The molecule has 0 aliphatic carbocycles. The fourth-order valence-corrected chi connectivity index (χ4v) is 4.54. The highest BCUT2D eigenvalue weighted by Crippen LogP contribution is 2.46. The minimum atomic E-state index is -3.21. The molecule has 0 radical (unpaired) electrons. The predicted octanol–water partition coefficient (Wildman–Crippen LogP) is 1.27. The highest BCUT2D eigenvalue weighted by atomic mass is 32.2. The molecule has 1 unspecified atom stereocenters. The van der Waals surface area contributed by atoms with E-state index in [-0.39, 0.29) is 11.7 Å². The first kappa shape index (κ1) is 11.0. The number of benzene rings is 1. The van der Waals surface area contributed by atoms with Gasteiger partial charge in [0.15, 0.2) is 15.6 Å². The number of anilines is 1. The third-order valence-electron chi connectivity index (χ3n) is 3.81. The van der Waals surface area contributed by atoms with Crippen LogP contribution in [0.5, 0.6) is 0 Å². The topological polar surface area (TPSA) is 49.9 Å². The first-order chi connectivity index (χ1) is 7.97. The van der Waals surface area contributed by atoms with Gasteiger partial charge in [-0.15, -0.1) is 0 Å². The summed E-state index contributed by atoms with van der Waals surface area (Å²) in [4.78, 5) is 2.39. The van der Waals surface area contributed by atoms with Crippen molar-refractivity contribution >= 4 is 15.5 Å². The van der Waals surface area contributed by atoms with Gasteiger partial charge in [-0.25, -0.2) is 8.42 Å². The molecule has 3 rings (SSSR count). The fraction of sp³-hybridized carbons (Fsp3) is 0.500. The summed E-state index contributed by atoms with van der Waals surface area (Å²) in [6.45, 7) is 2.54. The Kier molecular flexibility index (Phi) is 2.10. The molecule has 1 aromatic carbocycles. The summed E-state index contributed by atoms with van der Waals surface area (Å²) < 4.78 is 30.1. The monoisotopic (exact) mass is 253 g/mol. The molecule has 0 amide bonds. The number of rotatable bonds is 0. The first-order valence-corrected chi connectivity index (χ1v) is 7.32. The molecular formula is C12H15NO3S. The van der Waals surface area contributed by atoms with E-state index < -0.39 is 15.6 Å². The molecule has 17 heavy (non-hydrogen) atoms. The van der Waals surface area contributed by atoms with Gasteiger partial charge in [0, 0.05) is 13.0 Å². The molecular weight excluding hydrogens is 238 g/mol. The molecule has 2 aliphatic rings. The molecule has 1 saturated heterocycles. The maximum atomic E-state index is 12.3. The Labute approximate surface area is 101 Å². The van der Waals surface area contributed by atoms with Crippen molar-refractivity contribution in [2.45, 2.75) is 17.5 Å². The molecule has 1 spiro atoms. The van der Waals surface area contributed by atoms with Crippen molar-refractivity contribution in [2.24, 2.45) is 5.92 Å². The number of epoxide rings is 1. The van der Waals surface area contributed by atoms with Crippen LogP contribution < -0.4 is 4.90 Å². The van der Waals surface area contributed by atoms with Crippen LogP contribution in [-0.2, 0) is 14.6 Å². The summed E-state index contributed by atoms with van der Waals surface area (Å²) in [7, 11) is -1.31. The van der Waals surface area contributed by atoms with Crippen molar-refractivity contribution in [1.82, 2.24) is 0 Å². The lowest BCUT2D eigenvalue weighted by molar-refractivity contribution is 0.240. The van der Waals surface area contributed by atoms with Crippen LogP contribution in [0.25, 0.3) is 0 Å². The molecule has 92 valence electrons. The van der Waals surface area contributed by atoms with Gasteiger partial charge < -0.3 is 9.64 Å². The van der Waals surface area contributed by atoms with Crippen LogP contribution in [0.1, 0.15) is 6.92 Å². The number of likely N-dealkylation sites (N-methyl/N-ethyl adjacent to an activating group) is 1. The maximum absolute atomic E-state index is 12.3. The summed E-state index contributed by atoms with van der Waals surface area (Å²) in [6, 6.07) is 7.14. The summed E-state index contributed by atoms with van der Waals surface area (Å²) in [5.74, 6) is 0.124. The summed E-state index contributed by atoms with van der Waals surface area (Å²) in [5, 5.41) is 0. The third kappa shape index (κ3) is 1.42. The van der Waals surface area contributed by atoms with Crippen LogP contribution in [0.2, 0.25) is 0 Å². The van der Waals surface area contributed by atoms with Crippen LogP contribution in [-0.4, -0.2) is 33.6 Å². The molecule has 1 fully saturated rings. The van der Waals surface area contributed by atoms with Crippen LogP contribution in [0.15, 0.2) is 29.2 Å². The maximum Gasteiger partial charge on any atom is 0.180 e. The van der Waals surface area contributed by atoms with E-state index in [4.69, 9.17) is 4.74 Å². The Hall–Kier alpha value is -1.07.